The Hall–Kier alpha value is -1.50. The number of tetrazole rings is 1. The van der Waals surface area contributed by atoms with Crippen LogP contribution in [-0.4, -0.2) is 57.6 Å². The van der Waals surface area contributed by atoms with Crippen molar-refractivity contribution in [3.8, 4) is 0 Å². The van der Waals surface area contributed by atoms with Crippen LogP contribution in [0, 0.1) is 5.92 Å². The summed E-state index contributed by atoms with van der Waals surface area (Å²) in [5.41, 5.74) is 0. The fraction of sp³-hybridized carbons (Fsp3) is 0.800. The molecule has 94 valence electrons. The molecule has 2 rings (SSSR count). The van der Waals surface area contributed by atoms with Gasteiger partial charge < -0.3 is 10.2 Å². The number of aromatic amines is 1. The van der Waals surface area contributed by atoms with Crippen molar-refractivity contribution < 1.29 is 4.79 Å². The summed E-state index contributed by atoms with van der Waals surface area (Å²) in [5.74, 6) is 0.418. The molecular formula is C10H18N6O. The molecule has 0 atom stereocenters. The van der Waals surface area contributed by atoms with Crippen LogP contribution in [0.2, 0.25) is 0 Å². The minimum absolute atomic E-state index is 0.107. The molecule has 1 aliphatic heterocycles. The van der Waals surface area contributed by atoms with E-state index >= 15 is 0 Å². The molecule has 1 aromatic rings. The Bertz CT molecular complexity index is 344. The minimum Gasteiger partial charge on any atom is -0.349 e. The van der Waals surface area contributed by atoms with Crippen LogP contribution < -0.4 is 5.32 Å². The molecule has 0 bridgehead atoms. The Morgan fingerprint density at radius 3 is 2.88 bits per heavy atom. The number of rotatable bonds is 4. The van der Waals surface area contributed by atoms with E-state index in [4.69, 9.17) is 0 Å². The quantitative estimate of drug-likeness (QED) is 0.749. The average Bonchev–Trinajstić information content (AvgIpc) is 2.90. The van der Waals surface area contributed by atoms with E-state index in [0.717, 1.165) is 32.5 Å². The summed E-state index contributed by atoms with van der Waals surface area (Å²) in [6.07, 6.45) is 2.28. The standard InChI is InChI=1S/C10H18N6O/c1-2-16-5-3-8(4-6-16)7-11-10(17)9-12-14-15-13-9/h8H,2-7H2,1H3,(H,11,17)(H,12,13,14,15). The first-order valence-electron chi connectivity index (χ1n) is 6.03. The van der Waals surface area contributed by atoms with Gasteiger partial charge in [-0.3, -0.25) is 4.79 Å². The number of likely N-dealkylation sites (tertiary alicyclic amines) is 1. The topological polar surface area (TPSA) is 86.8 Å². The number of amides is 1. The van der Waals surface area contributed by atoms with Crippen LogP contribution in [-0.2, 0) is 0 Å². The van der Waals surface area contributed by atoms with Gasteiger partial charge in [-0.25, -0.2) is 0 Å². The monoisotopic (exact) mass is 238 g/mol. The molecule has 1 fully saturated rings. The average molecular weight is 238 g/mol. The molecule has 0 saturated carbocycles. The molecule has 1 saturated heterocycles. The smallest absolute Gasteiger partial charge is 0.292 e. The summed E-state index contributed by atoms with van der Waals surface area (Å²) >= 11 is 0. The molecule has 0 radical (unpaired) electrons. The van der Waals surface area contributed by atoms with Crippen LogP contribution >= 0.6 is 0 Å². The lowest BCUT2D eigenvalue weighted by molar-refractivity contribution is 0.0926. The largest absolute Gasteiger partial charge is 0.349 e. The van der Waals surface area contributed by atoms with Crippen molar-refractivity contribution in [3.63, 3.8) is 0 Å². The molecule has 1 aliphatic rings. The van der Waals surface area contributed by atoms with Crippen LogP contribution in [0.25, 0.3) is 0 Å². The first-order valence-corrected chi connectivity index (χ1v) is 6.03. The molecule has 0 spiro atoms. The maximum absolute atomic E-state index is 11.6. The molecule has 0 aliphatic carbocycles. The van der Waals surface area contributed by atoms with E-state index in [9.17, 15) is 4.79 Å². The van der Waals surface area contributed by atoms with Gasteiger partial charge in [0.2, 0.25) is 0 Å². The molecule has 2 heterocycles. The van der Waals surface area contributed by atoms with Crippen molar-refractivity contribution in [1.82, 2.24) is 30.8 Å². The number of piperidine rings is 1. The third-order valence-corrected chi connectivity index (χ3v) is 3.25. The molecule has 17 heavy (non-hydrogen) atoms. The lowest BCUT2D eigenvalue weighted by Gasteiger charge is -2.30. The van der Waals surface area contributed by atoms with Crippen molar-refractivity contribution in [2.45, 2.75) is 19.8 Å². The second-order valence-electron chi connectivity index (χ2n) is 4.32. The fourth-order valence-electron chi connectivity index (χ4n) is 2.08. The molecule has 0 unspecified atom stereocenters. The first-order chi connectivity index (χ1) is 8.29. The number of nitrogens with zero attached hydrogens (tertiary/aromatic N) is 4. The van der Waals surface area contributed by atoms with Gasteiger partial charge in [0.15, 0.2) is 0 Å². The zero-order valence-electron chi connectivity index (χ0n) is 10.0. The second-order valence-corrected chi connectivity index (χ2v) is 4.32. The summed E-state index contributed by atoms with van der Waals surface area (Å²) in [6.45, 7) is 6.24. The van der Waals surface area contributed by atoms with Crippen molar-refractivity contribution in [2.24, 2.45) is 5.92 Å². The highest BCUT2D eigenvalue weighted by Crippen LogP contribution is 2.15. The highest BCUT2D eigenvalue weighted by Gasteiger charge is 2.19. The zero-order valence-corrected chi connectivity index (χ0v) is 10.0. The number of hydrogen-bond donors (Lipinski definition) is 2. The van der Waals surface area contributed by atoms with Gasteiger partial charge in [-0.1, -0.05) is 6.92 Å². The third kappa shape index (κ3) is 3.23. The van der Waals surface area contributed by atoms with Crippen LogP contribution in [0.4, 0.5) is 0 Å². The van der Waals surface area contributed by atoms with Crippen molar-refractivity contribution in [1.29, 1.82) is 0 Å². The van der Waals surface area contributed by atoms with Gasteiger partial charge in [-0.2, -0.15) is 5.21 Å². The van der Waals surface area contributed by atoms with Gasteiger partial charge in [0.1, 0.15) is 0 Å². The lowest BCUT2D eigenvalue weighted by Crippen LogP contribution is -2.38. The van der Waals surface area contributed by atoms with Gasteiger partial charge in [0, 0.05) is 6.54 Å². The van der Waals surface area contributed by atoms with E-state index in [2.05, 4.69) is 37.8 Å². The number of carbonyl (C=O) groups is 1. The Balaban J connectivity index is 1.71. The summed E-state index contributed by atoms with van der Waals surface area (Å²) in [7, 11) is 0. The Labute approximate surface area is 100.0 Å². The van der Waals surface area contributed by atoms with Gasteiger partial charge >= 0.3 is 0 Å². The van der Waals surface area contributed by atoms with E-state index in [1.807, 2.05) is 0 Å². The van der Waals surface area contributed by atoms with Crippen molar-refractivity contribution in [3.05, 3.63) is 5.82 Å². The SMILES string of the molecule is CCN1CCC(CNC(=O)c2nn[nH]n2)CC1. The van der Waals surface area contributed by atoms with Crippen LogP contribution in [0.5, 0.6) is 0 Å². The van der Waals surface area contributed by atoms with Crippen LogP contribution in [0.3, 0.4) is 0 Å². The van der Waals surface area contributed by atoms with Gasteiger partial charge in [0.05, 0.1) is 0 Å². The molecule has 0 aromatic carbocycles. The summed E-state index contributed by atoms with van der Waals surface area (Å²) in [5, 5.41) is 15.7. The molecule has 7 heteroatoms. The Kier molecular flexibility index (Phi) is 4.03. The highest BCUT2D eigenvalue weighted by molar-refractivity contribution is 5.89. The number of H-pyrrole nitrogens is 1. The molecule has 1 amide bonds. The molecule has 7 nitrogen and oxygen atoms in total. The van der Waals surface area contributed by atoms with E-state index < -0.39 is 0 Å². The number of nitrogens with one attached hydrogen (secondary N) is 2. The Morgan fingerprint density at radius 2 is 2.29 bits per heavy atom. The summed E-state index contributed by atoms with van der Waals surface area (Å²) in [4.78, 5) is 14.0. The van der Waals surface area contributed by atoms with E-state index in [0.29, 0.717) is 12.5 Å². The summed E-state index contributed by atoms with van der Waals surface area (Å²) in [6, 6.07) is 0. The van der Waals surface area contributed by atoms with Crippen LogP contribution in [0.15, 0.2) is 0 Å². The Morgan fingerprint density at radius 1 is 1.53 bits per heavy atom. The zero-order chi connectivity index (χ0) is 12.1. The van der Waals surface area contributed by atoms with Crippen molar-refractivity contribution in [2.75, 3.05) is 26.2 Å². The maximum atomic E-state index is 11.6. The molecule has 1 aromatic heterocycles. The number of hydrogen-bond acceptors (Lipinski definition) is 5. The highest BCUT2D eigenvalue weighted by atomic mass is 16.2. The van der Waals surface area contributed by atoms with Crippen molar-refractivity contribution >= 4 is 5.91 Å². The maximum Gasteiger partial charge on any atom is 0.292 e. The van der Waals surface area contributed by atoms with E-state index in [-0.39, 0.29) is 11.7 Å². The molecular weight excluding hydrogens is 220 g/mol. The summed E-state index contributed by atoms with van der Waals surface area (Å²) < 4.78 is 0. The van der Waals surface area contributed by atoms with Crippen LogP contribution in [0.1, 0.15) is 30.4 Å². The molecule has 2 N–H and O–H groups in total. The number of aromatic nitrogens is 4. The van der Waals surface area contributed by atoms with Gasteiger partial charge in [0.25, 0.3) is 11.7 Å². The number of carbonyl (C=O) groups excluding carboxylic acids is 1. The van der Waals surface area contributed by atoms with Gasteiger partial charge in [-0.05, 0) is 43.6 Å². The lowest BCUT2D eigenvalue weighted by atomic mass is 9.97. The normalized spacial score (nSPS) is 18.2. The minimum atomic E-state index is -0.253. The third-order valence-electron chi connectivity index (χ3n) is 3.25. The van der Waals surface area contributed by atoms with E-state index in [1.165, 1.54) is 0 Å². The van der Waals surface area contributed by atoms with E-state index in [1.54, 1.807) is 0 Å². The predicted molar refractivity (Wildman–Crippen MR) is 61.3 cm³/mol. The predicted octanol–water partition coefficient (Wildman–Crippen LogP) is -0.339. The van der Waals surface area contributed by atoms with Gasteiger partial charge in [-0.15, -0.1) is 10.2 Å². The second kappa shape index (κ2) is 5.72. The fourth-order valence-corrected chi connectivity index (χ4v) is 2.08. The first kappa shape index (κ1) is 12.0.